The van der Waals surface area contributed by atoms with Gasteiger partial charge in [-0.2, -0.15) is 0 Å². The van der Waals surface area contributed by atoms with E-state index in [-0.39, 0.29) is 0 Å². The summed E-state index contributed by atoms with van der Waals surface area (Å²) >= 11 is 0. The van der Waals surface area contributed by atoms with Crippen LogP contribution in [0.15, 0.2) is 18.5 Å². The van der Waals surface area contributed by atoms with Crippen LogP contribution in [0.25, 0.3) is 0 Å². The second kappa shape index (κ2) is 7.01. The van der Waals surface area contributed by atoms with Crippen molar-refractivity contribution in [1.29, 1.82) is 0 Å². The first-order valence-corrected chi connectivity index (χ1v) is 7.56. The molecule has 2 rings (SSSR count). The van der Waals surface area contributed by atoms with Crippen LogP contribution in [-0.4, -0.2) is 29.5 Å². The van der Waals surface area contributed by atoms with E-state index in [4.69, 9.17) is 5.73 Å². The van der Waals surface area contributed by atoms with Gasteiger partial charge in [0.15, 0.2) is 0 Å². The van der Waals surface area contributed by atoms with Gasteiger partial charge in [-0.05, 0) is 44.0 Å². The molecule has 1 saturated carbocycles. The van der Waals surface area contributed by atoms with Crippen LogP contribution < -0.4 is 5.73 Å². The van der Waals surface area contributed by atoms with Crippen molar-refractivity contribution in [2.45, 2.75) is 57.5 Å². The van der Waals surface area contributed by atoms with Crippen LogP contribution in [0.1, 0.15) is 55.7 Å². The Morgan fingerprint density at radius 1 is 1.32 bits per heavy atom. The van der Waals surface area contributed by atoms with Crippen LogP contribution in [0.2, 0.25) is 0 Å². The van der Waals surface area contributed by atoms with E-state index in [9.17, 15) is 0 Å². The summed E-state index contributed by atoms with van der Waals surface area (Å²) in [4.78, 5) is 6.77. The fourth-order valence-corrected chi connectivity index (χ4v) is 3.26. The summed E-state index contributed by atoms with van der Waals surface area (Å²) in [6, 6.07) is 3.06. The molecule has 0 aromatic carbocycles. The summed E-state index contributed by atoms with van der Waals surface area (Å²) in [5, 5.41) is 0. The summed E-state index contributed by atoms with van der Waals surface area (Å²) < 4.78 is 0. The molecule has 19 heavy (non-hydrogen) atoms. The molecule has 106 valence electrons. The lowest BCUT2D eigenvalue weighted by atomic mass is 9.99. The van der Waals surface area contributed by atoms with Gasteiger partial charge in [-0.15, -0.1) is 0 Å². The summed E-state index contributed by atoms with van der Waals surface area (Å²) in [7, 11) is 2.24. The Bertz CT molecular complexity index is 383. The maximum Gasteiger partial charge on any atom is 0.0488 e. The molecular weight excluding hydrogens is 234 g/mol. The van der Waals surface area contributed by atoms with Crippen molar-refractivity contribution >= 4 is 0 Å². The minimum Gasteiger partial charge on any atom is -0.329 e. The molecule has 1 atom stereocenters. The topological polar surface area (TPSA) is 42.1 Å². The molecule has 0 radical (unpaired) electrons. The summed E-state index contributed by atoms with van der Waals surface area (Å²) in [6.45, 7) is 2.82. The lowest BCUT2D eigenvalue weighted by molar-refractivity contribution is 0.160. The molecular formula is C16H27N3. The Labute approximate surface area is 117 Å². The molecule has 1 aliphatic carbocycles. The molecule has 1 aromatic rings. The van der Waals surface area contributed by atoms with Crippen LogP contribution in [0.5, 0.6) is 0 Å². The predicted molar refractivity (Wildman–Crippen MR) is 80.0 cm³/mol. The molecule has 0 spiro atoms. The summed E-state index contributed by atoms with van der Waals surface area (Å²) in [5.41, 5.74) is 8.64. The van der Waals surface area contributed by atoms with Gasteiger partial charge in [0.25, 0.3) is 0 Å². The second-order valence-corrected chi connectivity index (χ2v) is 5.79. The first kappa shape index (κ1) is 14.5. The smallest absolute Gasteiger partial charge is 0.0488 e. The van der Waals surface area contributed by atoms with Gasteiger partial charge in [-0.1, -0.05) is 25.7 Å². The van der Waals surface area contributed by atoms with Crippen LogP contribution in [0.4, 0.5) is 0 Å². The number of hydrogen-bond acceptors (Lipinski definition) is 3. The third-order valence-corrected chi connectivity index (χ3v) is 4.55. The maximum atomic E-state index is 6.05. The van der Waals surface area contributed by atoms with Crippen molar-refractivity contribution < 1.29 is 0 Å². The minimum atomic E-state index is 0.303. The van der Waals surface area contributed by atoms with Gasteiger partial charge < -0.3 is 5.73 Å². The standard InChI is InChI=1S/C16H27N3/c1-13-9-10-18-12-15(13)16(11-17)19(2)14-7-5-3-4-6-8-14/h9-10,12,14,16H,3-8,11,17H2,1-2H3. The number of rotatable bonds is 4. The fourth-order valence-electron chi connectivity index (χ4n) is 3.26. The van der Waals surface area contributed by atoms with E-state index in [0.29, 0.717) is 18.6 Å². The average Bonchev–Trinajstić information content (AvgIpc) is 2.70. The monoisotopic (exact) mass is 261 g/mol. The number of nitrogens with zero attached hydrogens (tertiary/aromatic N) is 2. The molecule has 0 bridgehead atoms. The van der Waals surface area contributed by atoms with Crippen LogP contribution in [-0.2, 0) is 0 Å². The van der Waals surface area contributed by atoms with E-state index in [1.165, 1.54) is 49.7 Å². The number of aryl methyl sites for hydroxylation is 1. The van der Waals surface area contributed by atoms with Gasteiger partial charge >= 0.3 is 0 Å². The number of pyridine rings is 1. The molecule has 1 aliphatic rings. The molecule has 1 heterocycles. The first-order valence-electron chi connectivity index (χ1n) is 7.56. The number of likely N-dealkylation sites (N-methyl/N-ethyl adjacent to an activating group) is 1. The van der Waals surface area contributed by atoms with Gasteiger partial charge in [0.2, 0.25) is 0 Å². The lowest BCUT2D eigenvalue weighted by Crippen LogP contribution is -2.38. The molecule has 1 unspecified atom stereocenters. The van der Waals surface area contributed by atoms with Crippen molar-refractivity contribution in [2.24, 2.45) is 5.73 Å². The van der Waals surface area contributed by atoms with E-state index in [2.05, 4.69) is 29.9 Å². The van der Waals surface area contributed by atoms with Gasteiger partial charge in [-0.3, -0.25) is 9.88 Å². The van der Waals surface area contributed by atoms with Crippen LogP contribution in [0.3, 0.4) is 0 Å². The highest BCUT2D eigenvalue weighted by atomic mass is 15.2. The zero-order valence-electron chi connectivity index (χ0n) is 12.3. The number of nitrogens with two attached hydrogens (primary N) is 1. The molecule has 1 aromatic heterocycles. The maximum absolute atomic E-state index is 6.05. The highest BCUT2D eigenvalue weighted by molar-refractivity contribution is 5.25. The zero-order valence-corrected chi connectivity index (χ0v) is 12.3. The second-order valence-electron chi connectivity index (χ2n) is 5.79. The lowest BCUT2D eigenvalue weighted by Gasteiger charge is -2.35. The summed E-state index contributed by atoms with van der Waals surface area (Å²) in [6.07, 6.45) is 12.0. The third-order valence-electron chi connectivity index (χ3n) is 4.55. The molecule has 2 N–H and O–H groups in total. The van der Waals surface area contributed by atoms with E-state index < -0.39 is 0 Å². The van der Waals surface area contributed by atoms with Crippen LogP contribution >= 0.6 is 0 Å². The van der Waals surface area contributed by atoms with Gasteiger partial charge in [-0.25, -0.2) is 0 Å². The van der Waals surface area contributed by atoms with E-state index in [0.717, 1.165) is 0 Å². The number of hydrogen-bond donors (Lipinski definition) is 1. The fraction of sp³-hybridized carbons (Fsp3) is 0.688. The Morgan fingerprint density at radius 3 is 2.58 bits per heavy atom. The van der Waals surface area contributed by atoms with E-state index in [1.54, 1.807) is 0 Å². The predicted octanol–water partition coefficient (Wildman–Crippen LogP) is 3.04. The molecule has 0 amide bonds. The van der Waals surface area contributed by atoms with Crippen molar-refractivity contribution in [1.82, 2.24) is 9.88 Å². The highest BCUT2D eigenvalue weighted by Gasteiger charge is 2.25. The van der Waals surface area contributed by atoms with Crippen molar-refractivity contribution in [3.63, 3.8) is 0 Å². The highest BCUT2D eigenvalue weighted by Crippen LogP contribution is 2.28. The van der Waals surface area contributed by atoms with Gasteiger partial charge in [0, 0.05) is 31.0 Å². The van der Waals surface area contributed by atoms with E-state index >= 15 is 0 Å². The Balaban J connectivity index is 2.14. The molecule has 0 saturated heterocycles. The normalized spacial score (nSPS) is 19.4. The first-order chi connectivity index (χ1) is 9.24. The van der Waals surface area contributed by atoms with Crippen molar-refractivity contribution in [2.75, 3.05) is 13.6 Å². The minimum absolute atomic E-state index is 0.303. The largest absolute Gasteiger partial charge is 0.329 e. The zero-order chi connectivity index (χ0) is 13.7. The Kier molecular flexibility index (Phi) is 5.34. The van der Waals surface area contributed by atoms with E-state index in [1.807, 2.05) is 12.4 Å². The molecule has 0 aliphatic heterocycles. The quantitative estimate of drug-likeness (QED) is 0.847. The Hall–Kier alpha value is -0.930. The number of aromatic nitrogens is 1. The average molecular weight is 261 g/mol. The SMILES string of the molecule is Cc1ccncc1C(CN)N(C)C1CCCCCC1. The van der Waals surface area contributed by atoms with Crippen molar-refractivity contribution in [3.05, 3.63) is 29.6 Å². The Morgan fingerprint density at radius 2 is 2.00 bits per heavy atom. The molecule has 3 heteroatoms. The molecule has 1 fully saturated rings. The van der Waals surface area contributed by atoms with Gasteiger partial charge in [0.05, 0.1) is 0 Å². The molecule has 3 nitrogen and oxygen atoms in total. The summed E-state index contributed by atoms with van der Waals surface area (Å²) in [5.74, 6) is 0. The van der Waals surface area contributed by atoms with Gasteiger partial charge in [0.1, 0.15) is 0 Å². The van der Waals surface area contributed by atoms with Crippen LogP contribution in [0, 0.1) is 6.92 Å². The van der Waals surface area contributed by atoms with Crippen molar-refractivity contribution in [3.8, 4) is 0 Å². The third kappa shape index (κ3) is 3.54.